The fourth-order valence-electron chi connectivity index (χ4n) is 1.77. The molecule has 0 radical (unpaired) electrons. The molecule has 0 unspecified atom stereocenters. The number of carbonyl (C=O) groups is 2. The predicted molar refractivity (Wildman–Crippen MR) is 68.3 cm³/mol. The van der Waals surface area contributed by atoms with E-state index in [0.29, 0.717) is 11.3 Å². The number of hydrogen-bond acceptors (Lipinski definition) is 4. The van der Waals surface area contributed by atoms with Crippen LogP contribution in [0.2, 0.25) is 0 Å². The highest BCUT2D eigenvalue weighted by atomic mass is 16.4. The molecule has 2 aromatic rings. The summed E-state index contributed by atoms with van der Waals surface area (Å²) in [6.45, 7) is 1.38. The van der Waals surface area contributed by atoms with E-state index in [4.69, 9.17) is 0 Å². The SMILES string of the molecule is CC(=O)Nc1ccccc1-c1ncccc1C(=O)[O-]. The second-order valence-corrected chi connectivity index (χ2v) is 3.91. The number of benzene rings is 1. The van der Waals surface area contributed by atoms with Gasteiger partial charge in [-0.05, 0) is 18.2 Å². The molecule has 0 aliphatic rings. The van der Waals surface area contributed by atoms with Crippen LogP contribution < -0.4 is 10.4 Å². The number of rotatable bonds is 3. The van der Waals surface area contributed by atoms with E-state index in [2.05, 4.69) is 10.3 Å². The molecule has 19 heavy (non-hydrogen) atoms. The molecule has 1 aromatic carbocycles. The normalized spacial score (nSPS) is 9.95. The van der Waals surface area contributed by atoms with E-state index in [1.807, 2.05) is 0 Å². The summed E-state index contributed by atoms with van der Waals surface area (Å²) < 4.78 is 0. The Morgan fingerprint density at radius 3 is 2.58 bits per heavy atom. The second-order valence-electron chi connectivity index (χ2n) is 3.91. The van der Waals surface area contributed by atoms with Crippen molar-refractivity contribution < 1.29 is 14.7 Å². The largest absolute Gasteiger partial charge is 0.545 e. The average Bonchev–Trinajstić information content (AvgIpc) is 2.38. The molecule has 0 aliphatic carbocycles. The van der Waals surface area contributed by atoms with Gasteiger partial charge in [-0.25, -0.2) is 0 Å². The third-order valence-electron chi connectivity index (χ3n) is 2.52. The second kappa shape index (κ2) is 5.30. The first-order valence-electron chi connectivity index (χ1n) is 5.63. The Hall–Kier alpha value is -2.69. The molecule has 0 fully saturated rings. The molecule has 5 nitrogen and oxygen atoms in total. The summed E-state index contributed by atoms with van der Waals surface area (Å²) in [4.78, 5) is 26.3. The van der Waals surface area contributed by atoms with Crippen LogP contribution in [0.1, 0.15) is 17.3 Å². The molecule has 5 heteroatoms. The van der Waals surface area contributed by atoms with Crippen LogP contribution in [0.4, 0.5) is 5.69 Å². The summed E-state index contributed by atoms with van der Waals surface area (Å²) in [5.74, 6) is -1.54. The molecule has 1 amide bonds. The van der Waals surface area contributed by atoms with Crippen molar-refractivity contribution in [3.8, 4) is 11.3 Å². The Kier molecular flexibility index (Phi) is 3.56. The van der Waals surface area contributed by atoms with Crippen LogP contribution in [0, 0.1) is 0 Å². The van der Waals surface area contributed by atoms with Crippen molar-refractivity contribution >= 4 is 17.6 Å². The Morgan fingerprint density at radius 2 is 1.89 bits per heavy atom. The summed E-state index contributed by atoms with van der Waals surface area (Å²) in [5.41, 5.74) is 1.31. The number of carboxylic acids is 1. The lowest BCUT2D eigenvalue weighted by molar-refractivity contribution is -0.255. The molecule has 0 aliphatic heterocycles. The topological polar surface area (TPSA) is 82.1 Å². The monoisotopic (exact) mass is 255 g/mol. The Morgan fingerprint density at radius 1 is 1.16 bits per heavy atom. The molecule has 1 N–H and O–H groups in total. The Balaban J connectivity index is 2.59. The van der Waals surface area contributed by atoms with Gasteiger partial charge >= 0.3 is 0 Å². The molecule has 0 spiro atoms. The van der Waals surface area contributed by atoms with E-state index in [1.165, 1.54) is 25.3 Å². The number of carbonyl (C=O) groups excluding carboxylic acids is 2. The summed E-state index contributed by atoms with van der Waals surface area (Å²) in [6.07, 6.45) is 1.49. The van der Waals surface area contributed by atoms with Crippen LogP contribution in [-0.2, 0) is 4.79 Å². The van der Waals surface area contributed by atoms with Crippen molar-refractivity contribution in [2.75, 3.05) is 5.32 Å². The average molecular weight is 255 g/mol. The van der Waals surface area contributed by atoms with E-state index in [1.54, 1.807) is 24.3 Å². The van der Waals surface area contributed by atoms with E-state index >= 15 is 0 Å². The van der Waals surface area contributed by atoms with Crippen LogP contribution in [0.25, 0.3) is 11.3 Å². The smallest absolute Gasteiger partial charge is 0.221 e. The summed E-state index contributed by atoms with van der Waals surface area (Å²) in [7, 11) is 0. The molecule has 2 rings (SSSR count). The van der Waals surface area contributed by atoms with Crippen LogP contribution in [-0.4, -0.2) is 16.9 Å². The third-order valence-corrected chi connectivity index (χ3v) is 2.52. The highest BCUT2D eigenvalue weighted by molar-refractivity contribution is 5.98. The van der Waals surface area contributed by atoms with Gasteiger partial charge in [0.05, 0.1) is 17.4 Å². The van der Waals surface area contributed by atoms with Gasteiger partial charge in [-0.3, -0.25) is 9.78 Å². The fourth-order valence-corrected chi connectivity index (χ4v) is 1.77. The van der Waals surface area contributed by atoms with Crippen LogP contribution >= 0.6 is 0 Å². The van der Waals surface area contributed by atoms with Gasteiger partial charge in [-0.15, -0.1) is 0 Å². The molecule has 0 saturated carbocycles. The first-order chi connectivity index (χ1) is 9.09. The van der Waals surface area contributed by atoms with E-state index in [0.717, 1.165) is 0 Å². The zero-order valence-corrected chi connectivity index (χ0v) is 10.2. The highest BCUT2D eigenvalue weighted by Crippen LogP contribution is 2.28. The maximum Gasteiger partial charge on any atom is 0.221 e. The number of amides is 1. The van der Waals surface area contributed by atoms with Crippen molar-refractivity contribution in [3.05, 3.63) is 48.2 Å². The maximum atomic E-state index is 11.2. The van der Waals surface area contributed by atoms with Gasteiger partial charge in [0.25, 0.3) is 0 Å². The minimum absolute atomic E-state index is 0.0136. The van der Waals surface area contributed by atoms with Gasteiger partial charge in [0.2, 0.25) is 5.91 Å². The lowest BCUT2D eigenvalue weighted by Crippen LogP contribution is -2.23. The van der Waals surface area contributed by atoms with Gasteiger partial charge in [0.1, 0.15) is 0 Å². The highest BCUT2D eigenvalue weighted by Gasteiger charge is 2.11. The van der Waals surface area contributed by atoms with E-state index in [-0.39, 0.29) is 17.2 Å². The van der Waals surface area contributed by atoms with Crippen LogP contribution in [0.15, 0.2) is 42.6 Å². The molecular formula is C14H11N2O3-. The first kappa shape index (κ1) is 12.8. The zero-order chi connectivity index (χ0) is 13.8. The maximum absolute atomic E-state index is 11.2. The minimum atomic E-state index is -1.30. The van der Waals surface area contributed by atoms with Gasteiger partial charge in [0.15, 0.2) is 0 Å². The summed E-state index contributed by atoms with van der Waals surface area (Å²) in [6, 6.07) is 9.81. The molecule has 0 bridgehead atoms. The molecule has 1 heterocycles. The van der Waals surface area contributed by atoms with Crippen molar-refractivity contribution in [1.29, 1.82) is 0 Å². The number of aromatic nitrogens is 1. The van der Waals surface area contributed by atoms with Crippen molar-refractivity contribution in [2.24, 2.45) is 0 Å². The lowest BCUT2D eigenvalue weighted by atomic mass is 10.0. The number of anilines is 1. The summed E-state index contributed by atoms with van der Waals surface area (Å²) >= 11 is 0. The van der Waals surface area contributed by atoms with E-state index in [9.17, 15) is 14.7 Å². The number of pyridine rings is 1. The van der Waals surface area contributed by atoms with Gasteiger partial charge < -0.3 is 15.2 Å². The summed E-state index contributed by atoms with van der Waals surface area (Å²) in [5, 5.41) is 13.7. The zero-order valence-electron chi connectivity index (χ0n) is 10.2. The van der Waals surface area contributed by atoms with Crippen molar-refractivity contribution in [2.45, 2.75) is 6.92 Å². The Labute approximate surface area is 109 Å². The molecular weight excluding hydrogens is 244 g/mol. The van der Waals surface area contributed by atoms with Crippen molar-refractivity contribution in [3.63, 3.8) is 0 Å². The number of para-hydroxylation sites is 1. The molecule has 0 saturated heterocycles. The standard InChI is InChI=1S/C14H12N2O3/c1-9(17)16-12-7-3-2-5-10(12)13-11(14(18)19)6-4-8-15-13/h2-8H,1H3,(H,16,17)(H,18,19)/p-1. The molecule has 1 aromatic heterocycles. The third kappa shape index (κ3) is 2.77. The fraction of sp³-hybridized carbons (Fsp3) is 0.0714. The minimum Gasteiger partial charge on any atom is -0.545 e. The lowest BCUT2D eigenvalue weighted by Gasteiger charge is -2.13. The Bertz CT molecular complexity index is 638. The number of hydrogen-bond donors (Lipinski definition) is 1. The van der Waals surface area contributed by atoms with Gasteiger partial charge in [-0.2, -0.15) is 0 Å². The quantitative estimate of drug-likeness (QED) is 0.889. The molecule has 0 atom stereocenters. The number of carboxylic acid groups (broad SMARTS) is 1. The molecule has 96 valence electrons. The predicted octanol–water partition coefficient (Wildman–Crippen LogP) is 1.07. The van der Waals surface area contributed by atoms with Crippen LogP contribution in [0.3, 0.4) is 0 Å². The number of aromatic carboxylic acids is 1. The van der Waals surface area contributed by atoms with Crippen LogP contribution in [0.5, 0.6) is 0 Å². The van der Waals surface area contributed by atoms with Gasteiger partial charge in [-0.1, -0.05) is 18.2 Å². The van der Waals surface area contributed by atoms with Gasteiger partial charge in [0, 0.05) is 24.2 Å². The van der Waals surface area contributed by atoms with E-state index < -0.39 is 5.97 Å². The first-order valence-corrected chi connectivity index (χ1v) is 5.63. The number of nitrogens with one attached hydrogen (secondary N) is 1. The number of nitrogens with zero attached hydrogens (tertiary/aromatic N) is 1. The van der Waals surface area contributed by atoms with Crippen molar-refractivity contribution in [1.82, 2.24) is 4.98 Å².